The van der Waals surface area contributed by atoms with Gasteiger partial charge in [-0.1, -0.05) is 19.9 Å². The summed E-state index contributed by atoms with van der Waals surface area (Å²) in [6, 6.07) is 0. The Labute approximate surface area is 87.0 Å². The van der Waals surface area contributed by atoms with E-state index in [0.717, 1.165) is 28.9 Å². The van der Waals surface area contributed by atoms with Crippen molar-refractivity contribution < 1.29 is 4.79 Å². The first kappa shape index (κ1) is 8.03. The Morgan fingerprint density at radius 2 is 2.07 bits per heavy atom. The van der Waals surface area contributed by atoms with Crippen molar-refractivity contribution >= 4 is 17.4 Å². The van der Waals surface area contributed by atoms with Crippen molar-refractivity contribution in [3.05, 3.63) is 20.7 Å². The van der Waals surface area contributed by atoms with E-state index in [1.54, 1.807) is 0 Å². The number of ketones is 1. The molecule has 2 unspecified atom stereocenters. The molecule has 1 aromatic carbocycles. The van der Waals surface area contributed by atoms with Crippen LogP contribution in [0.2, 0.25) is 0 Å². The topological polar surface area (TPSA) is 34.1 Å². The van der Waals surface area contributed by atoms with E-state index in [9.17, 15) is 9.59 Å². The van der Waals surface area contributed by atoms with Gasteiger partial charge in [0.25, 0.3) is 0 Å². The van der Waals surface area contributed by atoms with Crippen LogP contribution in [0.15, 0.2) is 4.79 Å². The fourth-order valence-corrected chi connectivity index (χ4v) is 3.89. The number of hydrogen-bond donors (Lipinski definition) is 0. The predicted octanol–water partition coefficient (Wildman–Crippen LogP) is -0.127. The summed E-state index contributed by atoms with van der Waals surface area (Å²) in [7, 11) is 0. The van der Waals surface area contributed by atoms with Crippen molar-refractivity contribution in [2.24, 2.45) is 16.7 Å². The second-order valence-electron chi connectivity index (χ2n) is 6.11. The summed E-state index contributed by atoms with van der Waals surface area (Å²) in [5.41, 5.74) is 1.07. The summed E-state index contributed by atoms with van der Waals surface area (Å²) >= 11 is 0. The molecule has 2 saturated carbocycles. The van der Waals surface area contributed by atoms with Gasteiger partial charge in [-0.15, -0.1) is 0 Å². The van der Waals surface area contributed by atoms with Crippen LogP contribution in [0, 0.1) is 16.7 Å². The maximum atomic E-state index is 12.0. The number of carbonyl (C=O) groups is 1. The van der Waals surface area contributed by atoms with Crippen LogP contribution >= 0.6 is 0 Å². The molecule has 0 saturated heterocycles. The Hall–Kier alpha value is -1.18. The zero-order valence-electron chi connectivity index (χ0n) is 8.89. The van der Waals surface area contributed by atoms with Crippen LogP contribution in [0.4, 0.5) is 0 Å². The second kappa shape index (κ2) is 1.77. The molecule has 0 heterocycles. The molecule has 2 heteroatoms. The van der Waals surface area contributed by atoms with E-state index in [-0.39, 0.29) is 22.0 Å². The van der Waals surface area contributed by atoms with Gasteiger partial charge >= 0.3 is 0 Å². The fourth-order valence-electron chi connectivity index (χ4n) is 3.89. The van der Waals surface area contributed by atoms with Gasteiger partial charge in [0.05, 0.1) is 5.41 Å². The highest BCUT2D eigenvalue weighted by molar-refractivity contribution is 6.42. The summed E-state index contributed by atoms with van der Waals surface area (Å²) in [4.78, 5) is 23.4. The minimum Gasteiger partial charge on any atom is -0.293 e. The first-order chi connectivity index (χ1) is 6.97. The molecule has 0 aliphatic heterocycles. The van der Waals surface area contributed by atoms with E-state index in [1.165, 1.54) is 0 Å². The van der Waals surface area contributed by atoms with Crippen LogP contribution in [0.3, 0.4) is 0 Å². The number of hydrogen-bond acceptors (Lipinski definition) is 2. The Morgan fingerprint density at radius 3 is 2.80 bits per heavy atom. The van der Waals surface area contributed by atoms with E-state index in [0.29, 0.717) is 5.92 Å². The molecular formula is C13H12O2. The normalized spacial score (nSPS) is 39.7. The summed E-state index contributed by atoms with van der Waals surface area (Å²) in [5.74, 6) is 0.588. The third-order valence-corrected chi connectivity index (χ3v) is 4.48. The summed E-state index contributed by atoms with van der Waals surface area (Å²) in [6.45, 7) is 4.44. The van der Waals surface area contributed by atoms with Crippen molar-refractivity contribution in [3.8, 4) is 0 Å². The molecule has 1 aromatic rings. The summed E-state index contributed by atoms with van der Waals surface area (Å²) in [5, 5.41) is 1.64. The monoisotopic (exact) mass is 200 g/mol. The molecule has 0 aromatic heterocycles. The van der Waals surface area contributed by atoms with Gasteiger partial charge in [-0.05, 0) is 24.2 Å². The lowest BCUT2D eigenvalue weighted by molar-refractivity contribution is -0.112. The van der Waals surface area contributed by atoms with Crippen LogP contribution in [-0.4, -0.2) is 5.78 Å². The molecular weight excluding hydrogens is 188 g/mol. The Kier molecular flexibility index (Phi) is 0.947. The van der Waals surface area contributed by atoms with Crippen molar-refractivity contribution in [2.45, 2.75) is 26.7 Å². The Morgan fingerprint density at radius 1 is 1.33 bits per heavy atom. The third kappa shape index (κ3) is 0.656. The van der Waals surface area contributed by atoms with Gasteiger partial charge in [0.2, 0.25) is 0 Å². The maximum Gasteiger partial charge on any atom is 0.194 e. The maximum absolute atomic E-state index is 12.0. The molecule has 2 fully saturated rings. The molecule has 0 amide bonds. The molecule has 76 valence electrons. The Bertz CT molecular complexity index is 652. The smallest absolute Gasteiger partial charge is 0.194 e. The highest BCUT2D eigenvalue weighted by Gasteiger charge is 2.71. The third-order valence-electron chi connectivity index (χ3n) is 4.48. The highest BCUT2D eigenvalue weighted by Crippen LogP contribution is 2.68. The molecule has 4 rings (SSSR count). The standard InChI is InChI=1S/C13H12O2/c1-12(2)4-6-3-7-8(10(7)14)9-11(15)13(6,9)5-12/h3,6H,4-5H2,1-2H3. The first-order valence-corrected chi connectivity index (χ1v) is 5.54. The van der Waals surface area contributed by atoms with Crippen molar-refractivity contribution in [1.29, 1.82) is 0 Å². The van der Waals surface area contributed by atoms with Crippen molar-refractivity contribution in [2.75, 3.05) is 0 Å². The van der Waals surface area contributed by atoms with E-state index in [1.807, 2.05) is 0 Å². The molecule has 0 N–H and O–H groups in total. The number of carbonyl (C=O) groups excluding carboxylic acids is 1. The lowest BCUT2D eigenvalue weighted by Gasteiger charge is -2.15. The Balaban J connectivity index is 2.04. The molecule has 3 aliphatic rings. The van der Waals surface area contributed by atoms with E-state index < -0.39 is 0 Å². The van der Waals surface area contributed by atoms with Crippen LogP contribution in [0.1, 0.15) is 26.7 Å². The van der Waals surface area contributed by atoms with Crippen molar-refractivity contribution in [3.63, 3.8) is 0 Å². The van der Waals surface area contributed by atoms with E-state index >= 15 is 0 Å². The summed E-state index contributed by atoms with van der Waals surface area (Å²) < 4.78 is 0. The minimum absolute atomic E-state index is 0.141. The second-order valence-corrected chi connectivity index (χ2v) is 6.11. The molecule has 15 heavy (non-hydrogen) atoms. The molecule has 2 atom stereocenters. The van der Waals surface area contributed by atoms with Gasteiger partial charge in [-0.2, -0.15) is 0 Å². The zero-order chi connectivity index (χ0) is 10.6. The largest absolute Gasteiger partial charge is 0.293 e. The molecule has 2 nitrogen and oxygen atoms in total. The van der Waals surface area contributed by atoms with Gasteiger partial charge in [0, 0.05) is 16.0 Å². The quantitative estimate of drug-likeness (QED) is 0.585. The number of rotatable bonds is 0. The van der Waals surface area contributed by atoms with E-state index in [2.05, 4.69) is 19.9 Å². The lowest BCUT2D eigenvalue weighted by atomic mass is 9.89. The van der Waals surface area contributed by atoms with Gasteiger partial charge in [-0.3, -0.25) is 9.59 Å². The van der Waals surface area contributed by atoms with Crippen LogP contribution in [0.25, 0.3) is 11.6 Å². The molecule has 0 bridgehead atoms. The van der Waals surface area contributed by atoms with Crippen LogP contribution in [0.5, 0.6) is 0 Å². The summed E-state index contributed by atoms with van der Waals surface area (Å²) in [6.07, 6.45) is 4.06. The highest BCUT2D eigenvalue weighted by atomic mass is 16.1. The average Bonchev–Trinajstić information content (AvgIpc) is 2.88. The molecule has 0 radical (unpaired) electrons. The minimum atomic E-state index is -0.214. The van der Waals surface area contributed by atoms with Gasteiger partial charge < -0.3 is 0 Å². The lowest BCUT2D eigenvalue weighted by Crippen LogP contribution is -2.16. The number of fused-ring (bicyclic) bond motifs is 1. The predicted molar refractivity (Wildman–Crippen MR) is 56.2 cm³/mol. The fraction of sp³-hybridized carbons (Fsp3) is 0.538. The average molecular weight is 200 g/mol. The van der Waals surface area contributed by atoms with Crippen molar-refractivity contribution in [1.82, 2.24) is 0 Å². The van der Waals surface area contributed by atoms with Crippen LogP contribution in [-0.2, 0) is 4.79 Å². The number of Topliss-reactive ketones (excluding diaryl/α,β-unsaturated/α-hetero) is 1. The van der Waals surface area contributed by atoms with E-state index in [4.69, 9.17) is 0 Å². The SMILES string of the molecule is CC1(C)CC2C=c3c(=O)c3=C3C(=O)C32C1. The van der Waals surface area contributed by atoms with Crippen LogP contribution < -0.4 is 15.9 Å². The molecule has 3 aliphatic carbocycles. The molecule has 1 spiro atoms. The van der Waals surface area contributed by atoms with Gasteiger partial charge in [0.1, 0.15) is 0 Å². The zero-order valence-corrected chi connectivity index (χ0v) is 8.89. The first-order valence-electron chi connectivity index (χ1n) is 5.54. The van der Waals surface area contributed by atoms with Gasteiger partial charge in [0.15, 0.2) is 11.2 Å². The van der Waals surface area contributed by atoms with Gasteiger partial charge in [-0.25, -0.2) is 0 Å².